The second-order valence-corrected chi connectivity index (χ2v) is 4.36. The topological polar surface area (TPSA) is 49.8 Å². The molecule has 1 N–H and O–H groups in total. The molecule has 0 amide bonds. The number of rotatable bonds is 7. The van der Waals surface area contributed by atoms with Gasteiger partial charge in [0.05, 0.1) is 6.61 Å². The monoisotopic (exact) mass is 267 g/mol. The Morgan fingerprint density at radius 2 is 2.21 bits per heavy atom. The van der Waals surface area contributed by atoms with Gasteiger partial charge in [0.25, 0.3) is 0 Å². The van der Waals surface area contributed by atoms with E-state index in [1.807, 2.05) is 19.0 Å². The van der Waals surface area contributed by atoms with E-state index < -0.39 is 11.8 Å². The summed E-state index contributed by atoms with van der Waals surface area (Å²) >= 11 is 0. The second kappa shape index (κ2) is 7.53. The van der Waals surface area contributed by atoms with Crippen LogP contribution in [0.15, 0.2) is 24.3 Å². The highest BCUT2D eigenvalue weighted by atomic mass is 19.1. The van der Waals surface area contributed by atoms with Crippen molar-refractivity contribution in [1.82, 2.24) is 4.90 Å². The predicted octanol–water partition coefficient (Wildman–Crippen LogP) is 2.25. The molecule has 0 saturated heterocycles. The fourth-order valence-electron chi connectivity index (χ4n) is 1.50. The summed E-state index contributed by atoms with van der Waals surface area (Å²) in [6, 6.07) is 4.05. The molecule has 0 aliphatic heterocycles. The van der Waals surface area contributed by atoms with Crippen molar-refractivity contribution in [3.8, 4) is 5.75 Å². The highest BCUT2D eigenvalue weighted by Crippen LogP contribution is 2.21. The summed E-state index contributed by atoms with van der Waals surface area (Å²) in [5.41, 5.74) is 0.423. The van der Waals surface area contributed by atoms with Gasteiger partial charge in [0.15, 0.2) is 0 Å². The van der Waals surface area contributed by atoms with Crippen LogP contribution >= 0.6 is 0 Å². The Labute approximate surface area is 112 Å². The van der Waals surface area contributed by atoms with E-state index in [9.17, 15) is 9.18 Å². The zero-order valence-corrected chi connectivity index (χ0v) is 11.1. The van der Waals surface area contributed by atoms with E-state index in [4.69, 9.17) is 9.84 Å². The summed E-state index contributed by atoms with van der Waals surface area (Å²) < 4.78 is 18.7. The number of halogens is 1. The van der Waals surface area contributed by atoms with Crippen molar-refractivity contribution in [3.63, 3.8) is 0 Å². The summed E-state index contributed by atoms with van der Waals surface area (Å²) in [5, 5.41) is 8.58. The molecular formula is C14H18FNO3. The first-order chi connectivity index (χ1) is 8.99. The molecule has 4 nitrogen and oxygen atoms in total. The highest BCUT2D eigenvalue weighted by molar-refractivity contribution is 5.85. The minimum atomic E-state index is -1.08. The standard InChI is InChI=1S/C14H18FNO3/c1-16(2)8-3-9-19-13-6-5-12(15)10-11(13)4-7-14(17)18/h4-7,10H,3,8-9H2,1-2H3,(H,17,18)/b7-4+. The third kappa shape index (κ3) is 6.01. The Hall–Kier alpha value is -1.88. The van der Waals surface area contributed by atoms with Gasteiger partial charge in [-0.15, -0.1) is 0 Å². The fourth-order valence-corrected chi connectivity index (χ4v) is 1.50. The van der Waals surface area contributed by atoms with Gasteiger partial charge in [0.2, 0.25) is 0 Å². The van der Waals surface area contributed by atoms with Crippen LogP contribution in [-0.4, -0.2) is 43.2 Å². The summed E-state index contributed by atoms with van der Waals surface area (Å²) in [6.07, 6.45) is 3.13. The van der Waals surface area contributed by atoms with Crippen LogP contribution in [-0.2, 0) is 4.79 Å². The van der Waals surface area contributed by atoms with Gasteiger partial charge in [-0.05, 0) is 44.8 Å². The first kappa shape index (κ1) is 15.2. The zero-order chi connectivity index (χ0) is 14.3. The van der Waals surface area contributed by atoms with Gasteiger partial charge in [0, 0.05) is 18.2 Å². The van der Waals surface area contributed by atoms with Crippen LogP contribution in [0.1, 0.15) is 12.0 Å². The maximum Gasteiger partial charge on any atom is 0.328 e. The zero-order valence-electron chi connectivity index (χ0n) is 11.1. The van der Waals surface area contributed by atoms with Gasteiger partial charge in [-0.25, -0.2) is 9.18 Å². The summed E-state index contributed by atoms with van der Waals surface area (Å²) in [5.74, 6) is -1.02. The maximum absolute atomic E-state index is 13.1. The molecule has 0 aromatic heterocycles. The molecule has 1 rings (SSSR count). The molecule has 0 spiro atoms. The normalized spacial score (nSPS) is 11.2. The van der Waals surface area contributed by atoms with Crippen LogP contribution in [0.4, 0.5) is 4.39 Å². The predicted molar refractivity (Wildman–Crippen MR) is 71.7 cm³/mol. The Balaban J connectivity index is 2.68. The minimum Gasteiger partial charge on any atom is -0.493 e. The van der Waals surface area contributed by atoms with Crippen LogP contribution in [0, 0.1) is 5.82 Å². The van der Waals surface area contributed by atoms with Crippen molar-refractivity contribution < 1.29 is 19.0 Å². The van der Waals surface area contributed by atoms with E-state index >= 15 is 0 Å². The molecular weight excluding hydrogens is 249 g/mol. The second-order valence-electron chi connectivity index (χ2n) is 4.36. The van der Waals surface area contributed by atoms with Crippen LogP contribution in [0.5, 0.6) is 5.75 Å². The Morgan fingerprint density at radius 1 is 1.47 bits per heavy atom. The van der Waals surface area contributed by atoms with Gasteiger partial charge in [-0.1, -0.05) is 0 Å². The van der Waals surface area contributed by atoms with E-state index in [2.05, 4.69) is 0 Å². The third-order valence-corrected chi connectivity index (χ3v) is 2.38. The lowest BCUT2D eigenvalue weighted by atomic mass is 10.2. The first-order valence-corrected chi connectivity index (χ1v) is 5.97. The molecule has 1 aromatic rings. The molecule has 104 valence electrons. The maximum atomic E-state index is 13.1. The van der Waals surface area contributed by atoms with Crippen LogP contribution in [0.3, 0.4) is 0 Å². The molecule has 0 heterocycles. The Morgan fingerprint density at radius 3 is 2.84 bits per heavy atom. The van der Waals surface area contributed by atoms with Gasteiger partial charge < -0.3 is 14.7 Å². The average Bonchev–Trinajstić information content (AvgIpc) is 2.33. The Bertz CT molecular complexity index is 458. The number of benzene rings is 1. The van der Waals surface area contributed by atoms with Gasteiger partial charge >= 0.3 is 5.97 Å². The number of carboxylic acids is 1. The minimum absolute atomic E-state index is 0.423. The lowest BCUT2D eigenvalue weighted by molar-refractivity contribution is -0.131. The number of carbonyl (C=O) groups is 1. The summed E-state index contributed by atoms with van der Waals surface area (Å²) in [7, 11) is 3.94. The number of nitrogens with zero attached hydrogens (tertiary/aromatic N) is 1. The van der Waals surface area contributed by atoms with E-state index in [1.165, 1.54) is 24.3 Å². The van der Waals surface area contributed by atoms with Crippen molar-refractivity contribution in [2.24, 2.45) is 0 Å². The number of carboxylic acid groups (broad SMARTS) is 1. The number of hydrogen-bond donors (Lipinski definition) is 1. The summed E-state index contributed by atoms with van der Waals surface area (Å²) in [6.45, 7) is 1.39. The number of aliphatic carboxylic acids is 1. The van der Waals surface area contributed by atoms with Crippen molar-refractivity contribution in [1.29, 1.82) is 0 Å². The van der Waals surface area contributed by atoms with Gasteiger partial charge in [-0.2, -0.15) is 0 Å². The van der Waals surface area contributed by atoms with E-state index in [0.717, 1.165) is 19.0 Å². The average molecular weight is 267 g/mol. The van der Waals surface area contributed by atoms with E-state index in [-0.39, 0.29) is 0 Å². The highest BCUT2D eigenvalue weighted by Gasteiger charge is 2.03. The van der Waals surface area contributed by atoms with Crippen molar-refractivity contribution in [2.75, 3.05) is 27.2 Å². The Kier molecular flexibility index (Phi) is 6.02. The SMILES string of the molecule is CN(C)CCCOc1ccc(F)cc1/C=C/C(=O)O. The largest absolute Gasteiger partial charge is 0.493 e. The molecule has 19 heavy (non-hydrogen) atoms. The molecule has 0 radical (unpaired) electrons. The number of ether oxygens (including phenoxy) is 1. The molecule has 5 heteroatoms. The van der Waals surface area contributed by atoms with Crippen molar-refractivity contribution in [2.45, 2.75) is 6.42 Å². The molecule has 0 aliphatic carbocycles. The molecule has 1 aromatic carbocycles. The smallest absolute Gasteiger partial charge is 0.328 e. The van der Waals surface area contributed by atoms with E-state index in [0.29, 0.717) is 17.9 Å². The van der Waals surface area contributed by atoms with Crippen molar-refractivity contribution >= 4 is 12.0 Å². The van der Waals surface area contributed by atoms with Crippen LogP contribution < -0.4 is 4.74 Å². The summed E-state index contributed by atoms with van der Waals surface area (Å²) in [4.78, 5) is 12.5. The van der Waals surface area contributed by atoms with Crippen LogP contribution in [0.2, 0.25) is 0 Å². The van der Waals surface area contributed by atoms with Crippen molar-refractivity contribution in [3.05, 3.63) is 35.7 Å². The lowest BCUT2D eigenvalue weighted by Gasteiger charge is -2.12. The third-order valence-electron chi connectivity index (χ3n) is 2.38. The number of hydrogen-bond acceptors (Lipinski definition) is 3. The molecule has 0 saturated carbocycles. The first-order valence-electron chi connectivity index (χ1n) is 5.97. The van der Waals surface area contributed by atoms with E-state index in [1.54, 1.807) is 0 Å². The molecule has 0 atom stereocenters. The quantitative estimate of drug-likeness (QED) is 0.608. The fraction of sp³-hybridized carbons (Fsp3) is 0.357. The van der Waals surface area contributed by atoms with Gasteiger partial charge in [0.1, 0.15) is 11.6 Å². The molecule has 0 bridgehead atoms. The van der Waals surface area contributed by atoms with Crippen LogP contribution in [0.25, 0.3) is 6.08 Å². The lowest BCUT2D eigenvalue weighted by Crippen LogP contribution is -2.15. The van der Waals surface area contributed by atoms with Gasteiger partial charge in [-0.3, -0.25) is 0 Å². The molecule has 0 fully saturated rings. The molecule has 0 unspecified atom stereocenters. The molecule has 0 aliphatic rings.